The van der Waals surface area contributed by atoms with E-state index in [2.05, 4.69) is 16.1 Å². The lowest BCUT2D eigenvalue weighted by atomic mass is 9.89. The van der Waals surface area contributed by atoms with Gasteiger partial charge in [-0.15, -0.1) is 0 Å². The Labute approximate surface area is 190 Å². The van der Waals surface area contributed by atoms with Gasteiger partial charge in [-0.2, -0.15) is 13.2 Å². The highest BCUT2D eigenvalue weighted by Crippen LogP contribution is 2.41. The topological polar surface area (TPSA) is 82.7 Å². The lowest BCUT2D eigenvalue weighted by Crippen LogP contribution is -2.56. The predicted octanol–water partition coefficient (Wildman–Crippen LogP) is 3.18. The molecule has 2 aliphatic rings. The first-order valence-corrected chi connectivity index (χ1v) is 10.1. The Morgan fingerprint density at radius 1 is 1.12 bits per heavy atom. The number of fused-ring (bicyclic) bond motifs is 1. The highest BCUT2D eigenvalue weighted by molar-refractivity contribution is 6.23. The number of hydrogen-bond acceptors (Lipinski definition) is 5. The number of amides is 2. The zero-order chi connectivity index (χ0) is 24.8. The van der Waals surface area contributed by atoms with Gasteiger partial charge in [-0.1, -0.05) is 30.3 Å². The molecule has 2 amide bonds. The van der Waals surface area contributed by atoms with E-state index in [0.717, 1.165) is 5.01 Å². The molecule has 4 rings (SSSR count). The second kappa shape index (κ2) is 8.60. The fourth-order valence-electron chi connectivity index (χ4n) is 4.14. The van der Waals surface area contributed by atoms with Crippen LogP contribution in [0.5, 0.6) is 5.75 Å². The SMILES string of the molecule is COc1cc(F)c(F)cc1NC(=O)C1=C(C)NC2C(c3ccccc3)C(C(F)(F)F)NN2C1=O. The van der Waals surface area contributed by atoms with E-state index in [1.54, 1.807) is 18.2 Å². The maximum atomic E-state index is 13.9. The number of anilines is 1. The Kier molecular flexibility index (Phi) is 5.94. The molecule has 7 nitrogen and oxygen atoms in total. The second-order valence-electron chi connectivity index (χ2n) is 7.77. The van der Waals surface area contributed by atoms with E-state index >= 15 is 0 Å². The largest absolute Gasteiger partial charge is 0.494 e. The fourth-order valence-corrected chi connectivity index (χ4v) is 4.14. The summed E-state index contributed by atoms with van der Waals surface area (Å²) < 4.78 is 73.6. The third-order valence-corrected chi connectivity index (χ3v) is 5.68. The Bertz CT molecular complexity index is 1170. The number of nitrogens with zero attached hydrogens (tertiary/aromatic N) is 1. The van der Waals surface area contributed by atoms with E-state index in [1.165, 1.54) is 26.2 Å². The van der Waals surface area contributed by atoms with Crippen LogP contribution in [0.2, 0.25) is 0 Å². The molecule has 180 valence electrons. The zero-order valence-corrected chi connectivity index (χ0v) is 17.8. The molecule has 0 radical (unpaired) electrons. The van der Waals surface area contributed by atoms with Crippen molar-refractivity contribution in [2.45, 2.75) is 31.2 Å². The van der Waals surface area contributed by atoms with Crippen molar-refractivity contribution in [1.82, 2.24) is 15.8 Å². The van der Waals surface area contributed by atoms with Gasteiger partial charge in [0.15, 0.2) is 11.6 Å². The minimum Gasteiger partial charge on any atom is -0.494 e. The smallest absolute Gasteiger partial charge is 0.406 e. The van der Waals surface area contributed by atoms with Gasteiger partial charge in [0.1, 0.15) is 23.5 Å². The quantitative estimate of drug-likeness (QED) is 0.461. The summed E-state index contributed by atoms with van der Waals surface area (Å²) in [7, 11) is 1.17. The number of nitrogens with one attached hydrogen (secondary N) is 3. The van der Waals surface area contributed by atoms with Crippen LogP contribution in [-0.4, -0.2) is 42.3 Å². The average molecular weight is 482 g/mol. The zero-order valence-electron chi connectivity index (χ0n) is 17.8. The molecule has 3 N–H and O–H groups in total. The second-order valence-corrected chi connectivity index (χ2v) is 7.77. The van der Waals surface area contributed by atoms with Crippen molar-refractivity contribution in [2.75, 3.05) is 12.4 Å². The molecule has 0 spiro atoms. The molecule has 1 fully saturated rings. The van der Waals surface area contributed by atoms with Gasteiger partial charge >= 0.3 is 6.18 Å². The summed E-state index contributed by atoms with van der Waals surface area (Å²) in [4.78, 5) is 26.0. The van der Waals surface area contributed by atoms with Gasteiger partial charge in [0.25, 0.3) is 11.8 Å². The highest BCUT2D eigenvalue weighted by atomic mass is 19.4. The molecule has 2 aliphatic heterocycles. The lowest BCUT2D eigenvalue weighted by molar-refractivity contribution is -0.161. The van der Waals surface area contributed by atoms with E-state index in [1.807, 2.05) is 0 Å². The number of benzene rings is 2. The third-order valence-electron chi connectivity index (χ3n) is 5.68. The van der Waals surface area contributed by atoms with Gasteiger partial charge in [0.2, 0.25) is 0 Å². The van der Waals surface area contributed by atoms with Crippen LogP contribution in [0.3, 0.4) is 0 Å². The minimum absolute atomic E-state index is 0.0239. The summed E-state index contributed by atoms with van der Waals surface area (Å²) in [6.07, 6.45) is -5.83. The average Bonchev–Trinajstić information content (AvgIpc) is 3.17. The molecule has 34 heavy (non-hydrogen) atoms. The molecular formula is C22H19F5N4O3. The minimum atomic E-state index is -4.70. The summed E-state index contributed by atoms with van der Waals surface area (Å²) >= 11 is 0. The number of hydrazine groups is 1. The van der Waals surface area contributed by atoms with Crippen molar-refractivity contribution in [3.8, 4) is 5.75 Å². The molecule has 2 heterocycles. The molecule has 0 aromatic heterocycles. The first kappa shape index (κ1) is 23.5. The first-order chi connectivity index (χ1) is 16.0. The maximum Gasteiger partial charge on any atom is 0.406 e. The summed E-state index contributed by atoms with van der Waals surface area (Å²) in [6.45, 7) is 1.37. The van der Waals surface area contributed by atoms with E-state index in [4.69, 9.17) is 4.74 Å². The van der Waals surface area contributed by atoms with Crippen LogP contribution in [0.1, 0.15) is 18.4 Å². The fraction of sp³-hybridized carbons (Fsp3) is 0.273. The van der Waals surface area contributed by atoms with E-state index in [0.29, 0.717) is 17.7 Å². The molecule has 2 aromatic carbocycles. The van der Waals surface area contributed by atoms with E-state index in [9.17, 15) is 31.5 Å². The van der Waals surface area contributed by atoms with Crippen LogP contribution in [0.4, 0.5) is 27.6 Å². The van der Waals surface area contributed by atoms with Crippen molar-refractivity contribution in [1.29, 1.82) is 0 Å². The maximum absolute atomic E-state index is 13.9. The van der Waals surface area contributed by atoms with Gasteiger partial charge in [-0.25, -0.2) is 19.2 Å². The number of ether oxygens (including phenoxy) is 1. The predicted molar refractivity (Wildman–Crippen MR) is 110 cm³/mol. The van der Waals surface area contributed by atoms with Crippen LogP contribution in [0.15, 0.2) is 53.7 Å². The van der Waals surface area contributed by atoms with Crippen molar-refractivity contribution in [2.24, 2.45) is 0 Å². The van der Waals surface area contributed by atoms with E-state index in [-0.39, 0.29) is 17.1 Å². The number of allylic oxidation sites excluding steroid dienone is 1. The lowest BCUT2D eigenvalue weighted by Gasteiger charge is -2.34. The van der Waals surface area contributed by atoms with Gasteiger partial charge < -0.3 is 15.4 Å². The normalized spacial score (nSPS) is 22.4. The van der Waals surface area contributed by atoms with Gasteiger partial charge in [0, 0.05) is 17.8 Å². The number of carbonyl (C=O) groups is 2. The Morgan fingerprint density at radius 2 is 1.76 bits per heavy atom. The van der Waals surface area contributed by atoms with Crippen LogP contribution in [-0.2, 0) is 9.59 Å². The number of alkyl halides is 3. The van der Waals surface area contributed by atoms with Crippen LogP contribution in [0, 0.1) is 11.6 Å². The molecule has 2 aromatic rings. The number of halogens is 5. The van der Waals surface area contributed by atoms with Crippen molar-refractivity contribution in [3.05, 3.63) is 70.9 Å². The van der Waals surface area contributed by atoms with Crippen LogP contribution >= 0.6 is 0 Å². The molecule has 0 saturated carbocycles. The van der Waals surface area contributed by atoms with Crippen LogP contribution in [0.25, 0.3) is 0 Å². The van der Waals surface area contributed by atoms with Crippen molar-refractivity contribution >= 4 is 17.5 Å². The van der Waals surface area contributed by atoms with Crippen molar-refractivity contribution in [3.63, 3.8) is 0 Å². The Morgan fingerprint density at radius 3 is 2.38 bits per heavy atom. The molecular weight excluding hydrogens is 463 g/mol. The molecule has 0 aliphatic carbocycles. The number of hydrogen-bond donors (Lipinski definition) is 3. The van der Waals surface area contributed by atoms with Crippen LogP contribution < -0.4 is 20.8 Å². The highest BCUT2D eigenvalue weighted by Gasteiger charge is 2.58. The molecule has 1 saturated heterocycles. The number of methoxy groups -OCH3 is 1. The Hall–Kier alpha value is -3.67. The summed E-state index contributed by atoms with van der Waals surface area (Å²) in [5, 5.41) is 5.82. The van der Waals surface area contributed by atoms with Crippen molar-refractivity contribution < 1.29 is 36.3 Å². The summed E-state index contributed by atoms with van der Waals surface area (Å²) in [6, 6.07) is 7.17. The summed E-state index contributed by atoms with van der Waals surface area (Å²) in [5.41, 5.74) is 1.80. The third kappa shape index (κ3) is 4.04. The molecule has 0 bridgehead atoms. The van der Waals surface area contributed by atoms with Gasteiger partial charge in [0.05, 0.1) is 18.7 Å². The molecule has 3 unspecified atom stereocenters. The van der Waals surface area contributed by atoms with E-state index < -0.39 is 53.3 Å². The number of carbonyl (C=O) groups excluding carboxylic acids is 2. The van der Waals surface area contributed by atoms with Gasteiger partial charge in [-0.05, 0) is 12.5 Å². The standard InChI is InChI=1S/C22H19F5N4O3/c1-10-16(20(32)29-14-8-12(23)13(24)9-15(14)34-2)21(33)31-19(28-10)17(11-6-4-3-5-7-11)18(30-31)22(25,26)27/h3-9,17-19,28,30H,1-2H3,(H,29,32). The monoisotopic (exact) mass is 482 g/mol. The summed E-state index contributed by atoms with van der Waals surface area (Å²) in [5.74, 6) is -5.93. The van der Waals surface area contributed by atoms with Gasteiger partial charge in [-0.3, -0.25) is 9.59 Å². The first-order valence-electron chi connectivity index (χ1n) is 10.1. The Balaban J connectivity index is 1.67. The molecule has 12 heteroatoms. The molecule has 3 atom stereocenters. The number of rotatable bonds is 4.